The Morgan fingerprint density at radius 2 is 2.33 bits per heavy atom. The summed E-state index contributed by atoms with van der Waals surface area (Å²) in [6.45, 7) is 1.91. The third kappa shape index (κ3) is 1.93. The van der Waals surface area contributed by atoms with Gasteiger partial charge in [0.05, 0.1) is 22.7 Å². The number of fused-ring (bicyclic) bond motifs is 1. The molecule has 0 spiro atoms. The predicted molar refractivity (Wildman–Crippen MR) is 59.9 cm³/mol. The van der Waals surface area contributed by atoms with Crippen LogP contribution in [0.1, 0.15) is 11.4 Å². The van der Waals surface area contributed by atoms with Crippen LogP contribution in [0.4, 0.5) is 0 Å². The van der Waals surface area contributed by atoms with Crippen molar-refractivity contribution in [2.24, 2.45) is 7.05 Å². The summed E-state index contributed by atoms with van der Waals surface area (Å²) in [6, 6.07) is 3.84. The summed E-state index contributed by atoms with van der Waals surface area (Å²) in [5.41, 5.74) is 2.62. The fourth-order valence-corrected chi connectivity index (χ4v) is 2.21. The summed E-state index contributed by atoms with van der Waals surface area (Å²) in [6.07, 6.45) is 1.96. The highest BCUT2D eigenvalue weighted by molar-refractivity contribution is 7.78. The predicted octanol–water partition coefficient (Wildman–Crippen LogP) is 1.60. The van der Waals surface area contributed by atoms with Gasteiger partial charge in [-0.1, -0.05) is 0 Å². The van der Waals surface area contributed by atoms with Gasteiger partial charge < -0.3 is 9.12 Å². The molecule has 80 valence electrons. The van der Waals surface area contributed by atoms with E-state index in [0.29, 0.717) is 5.69 Å². The van der Waals surface area contributed by atoms with E-state index in [4.69, 9.17) is 4.55 Å². The molecule has 0 bridgehead atoms. The van der Waals surface area contributed by atoms with Crippen molar-refractivity contribution in [2.75, 3.05) is 0 Å². The van der Waals surface area contributed by atoms with Crippen molar-refractivity contribution in [3.63, 3.8) is 0 Å². The molecule has 2 heterocycles. The highest BCUT2D eigenvalue weighted by Crippen LogP contribution is 2.19. The fourth-order valence-electron chi connectivity index (χ4n) is 1.81. The van der Waals surface area contributed by atoms with Gasteiger partial charge in [0.25, 0.3) is 0 Å². The number of rotatable bonds is 2. The van der Waals surface area contributed by atoms with Crippen LogP contribution in [0.15, 0.2) is 18.3 Å². The largest absolute Gasteiger partial charge is 0.349 e. The molecule has 4 nitrogen and oxygen atoms in total. The number of aryl methyl sites for hydroxylation is 2. The average molecular weight is 224 g/mol. The van der Waals surface area contributed by atoms with E-state index < -0.39 is 11.1 Å². The minimum Gasteiger partial charge on any atom is -0.349 e. The van der Waals surface area contributed by atoms with Crippen LogP contribution < -0.4 is 0 Å². The van der Waals surface area contributed by atoms with E-state index in [2.05, 4.69) is 4.98 Å². The fraction of sp³-hybridized carbons (Fsp3) is 0.300. The lowest BCUT2D eigenvalue weighted by Crippen LogP contribution is -1.99. The minimum atomic E-state index is -1.83. The molecule has 1 N–H and O–H groups in total. The Hall–Kier alpha value is -1.20. The van der Waals surface area contributed by atoms with Crippen LogP contribution in [-0.4, -0.2) is 18.3 Å². The van der Waals surface area contributed by atoms with Crippen LogP contribution >= 0.6 is 0 Å². The van der Waals surface area contributed by atoms with E-state index >= 15 is 0 Å². The topological polar surface area (TPSA) is 55.1 Å². The molecule has 0 amide bonds. The van der Waals surface area contributed by atoms with Crippen LogP contribution in [-0.2, 0) is 23.9 Å². The van der Waals surface area contributed by atoms with Crippen molar-refractivity contribution < 1.29 is 8.76 Å². The van der Waals surface area contributed by atoms with Crippen LogP contribution in [0.25, 0.3) is 10.9 Å². The Kier molecular flexibility index (Phi) is 2.58. The van der Waals surface area contributed by atoms with Gasteiger partial charge in [-0.15, -0.1) is 0 Å². The number of aromatic nitrogens is 2. The van der Waals surface area contributed by atoms with Gasteiger partial charge in [0.2, 0.25) is 0 Å². The number of hydrogen-bond acceptors (Lipinski definition) is 2. The molecule has 0 aliphatic heterocycles. The lowest BCUT2D eigenvalue weighted by atomic mass is 10.2. The second kappa shape index (κ2) is 3.75. The molecule has 15 heavy (non-hydrogen) atoms. The van der Waals surface area contributed by atoms with E-state index in [1.54, 1.807) is 0 Å². The maximum atomic E-state index is 10.7. The zero-order valence-electron chi connectivity index (χ0n) is 8.60. The lowest BCUT2D eigenvalue weighted by molar-refractivity contribution is 0.563. The van der Waals surface area contributed by atoms with Gasteiger partial charge in [-0.25, -0.2) is 4.21 Å². The van der Waals surface area contributed by atoms with Crippen LogP contribution in [0, 0.1) is 6.92 Å². The quantitative estimate of drug-likeness (QED) is 0.788. The van der Waals surface area contributed by atoms with Crippen molar-refractivity contribution in [2.45, 2.75) is 12.7 Å². The first-order valence-electron chi connectivity index (χ1n) is 4.57. The van der Waals surface area contributed by atoms with Crippen molar-refractivity contribution in [1.82, 2.24) is 9.55 Å². The van der Waals surface area contributed by atoms with E-state index in [0.717, 1.165) is 16.6 Å². The standard InChI is InChI=1S/C10H12N2O2S/c1-7-10-8(3-4-12(10)2)5-9(11-7)6-15(13)14/h3-5H,6H2,1-2H3,(H,13,14). The summed E-state index contributed by atoms with van der Waals surface area (Å²) < 4.78 is 21.5. The van der Waals surface area contributed by atoms with Gasteiger partial charge >= 0.3 is 0 Å². The Balaban J connectivity index is 2.58. The monoisotopic (exact) mass is 224 g/mol. The van der Waals surface area contributed by atoms with Crippen LogP contribution in [0.5, 0.6) is 0 Å². The second-order valence-electron chi connectivity index (χ2n) is 3.53. The smallest absolute Gasteiger partial charge is 0.158 e. The number of hydrogen-bond donors (Lipinski definition) is 1. The molecule has 1 atom stereocenters. The highest BCUT2D eigenvalue weighted by atomic mass is 32.2. The normalized spacial score (nSPS) is 13.3. The van der Waals surface area contributed by atoms with Crippen molar-refractivity contribution in [3.05, 3.63) is 29.7 Å². The summed E-state index contributed by atoms with van der Waals surface area (Å²) in [4.78, 5) is 4.30. The molecule has 1 unspecified atom stereocenters. The molecule has 0 fully saturated rings. The summed E-state index contributed by atoms with van der Waals surface area (Å²) in [5.74, 6) is 0.0890. The molecule has 2 aromatic rings. The summed E-state index contributed by atoms with van der Waals surface area (Å²) in [7, 11) is 1.96. The average Bonchev–Trinajstić information content (AvgIpc) is 2.46. The zero-order valence-corrected chi connectivity index (χ0v) is 9.41. The maximum Gasteiger partial charge on any atom is 0.158 e. The summed E-state index contributed by atoms with van der Waals surface area (Å²) in [5, 5.41) is 1.06. The third-order valence-electron chi connectivity index (χ3n) is 2.35. The van der Waals surface area contributed by atoms with Gasteiger partial charge in [0, 0.05) is 18.6 Å². The molecular weight excluding hydrogens is 212 g/mol. The number of pyridine rings is 1. The Morgan fingerprint density at radius 3 is 3.00 bits per heavy atom. The van der Waals surface area contributed by atoms with E-state index in [1.807, 2.05) is 36.9 Å². The maximum absolute atomic E-state index is 10.7. The van der Waals surface area contributed by atoms with Gasteiger partial charge in [0.1, 0.15) is 0 Å². The van der Waals surface area contributed by atoms with Crippen molar-refractivity contribution >= 4 is 22.0 Å². The third-order valence-corrected chi connectivity index (χ3v) is 2.89. The summed E-state index contributed by atoms with van der Waals surface area (Å²) >= 11 is -1.83. The Bertz CT molecular complexity index is 533. The van der Waals surface area contributed by atoms with Crippen molar-refractivity contribution in [3.8, 4) is 0 Å². The SMILES string of the molecule is Cc1nc(CS(=O)O)cc2ccn(C)c12. The molecule has 0 saturated carbocycles. The number of nitrogens with zero attached hydrogens (tertiary/aromatic N) is 2. The second-order valence-corrected chi connectivity index (χ2v) is 4.46. The zero-order chi connectivity index (χ0) is 11.0. The van der Waals surface area contributed by atoms with Gasteiger partial charge in [-0.05, 0) is 19.1 Å². The van der Waals surface area contributed by atoms with E-state index in [9.17, 15) is 4.21 Å². The Labute approximate surface area is 90.2 Å². The molecular formula is C10H12N2O2S. The minimum absolute atomic E-state index is 0.0890. The molecule has 5 heteroatoms. The van der Waals surface area contributed by atoms with Crippen LogP contribution in [0.2, 0.25) is 0 Å². The first kappa shape index (κ1) is 10.3. The van der Waals surface area contributed by atoms with E-state index in [1.165, 1.54) is 0 Å². The molecule has 2 rings (SSSR count). The van der Waals surface area contributed by atoms with Crippen LogP contribution in [0.3, 0.4) is 0 Å². The molecule has 0 aliphatic rings. The van der Waals surface area contributed by atoms with Gasteiger partial charge in [-0.3, -0.25) is 4.98 Å². The molecule has 0 radical (unpaired) electrons. The first-order valence-corrected chi connectivity index (χ1v) is 5.84. The molecule has 0 aliphatic carbocycles. The molecule has 0 aromatic carbocycles. The Morgan fingerprint density at radius 1 is 1.60 bits per heavy atom. The van der Waals surface area contributed by atoms with Crippen molar-refractivity contribution in [1.29, 1.82) is 0 Å². The highest BCUT2D eigenvalue weighted by Gasteiger charge is 2.07. The first-order chi connectivity index (χ1) is 7.08. The molecule has 2 aromatic heterocycles. The molecule has 0 saturated heterocycles. The van der Waals surface area contributed by atoms with Gasteiger partial charge in [-0.2, -0.15) is 0 Å². The van der Waals surface area contributed by atoms with Gasteiger partial charge in [0.15, 0.2) is 11.1 Å². The lowest BCUT2D eigenvalue weighted by Gasteiger charge is -2.03. The van der Waals surface area contributed by atoms with E-state index in [-0.39, 0.29) is 5.75 Å².